The van der Waals surface area contributed by atoms with E-state index in [0.29, 0.717) is 5.65 Å². The highest BCUT2D eigenvalue weighted by Gasteiger charge is 2.24. The fourth-order valence-electron chi connectivity index (χ4n) is 3.27. The summed E-state index contributed by atoms with van der Waals surface area (Å²) in [5.41, 5.74) is 0.785. The van der Waals surface area contributed by atoms with Crippen molar-refractivity contribution in [2.24, 2.45) is 0 Å². The number of rotatable bonds is 3. The second-order valence-corrected chi connectivity index (χ2v) is 8.57. The fourth-order valence-corrected chi connectivity index (χ4v) is 4.66. The van der Waals surface area contributed by atoms with Gasteiger partial charge in [-0.15, -0.1) is 0 Å². The fraction of sp³-hybridized carbons (Fsp3) is 0.150. The van der Waals surface area contributed by atoms with Gasteiger partial charge in [-0.3, -0.25) is 14.6 Å². The Bertz CT molecular complexity index is 1500. The van der Waals surface area contributed by atoms with Gasteiger partial charge in [0.2, 0.25) is 9.84 Å². The van der Waals surface area contributed by atoms with Crippen LogP contribution in [0.4, 0.5) is 4.39 Å². The van der Waals surface area contributed by atoms with E-state index in [1.807, 2.05) is 13.0 Å². The molecule has 0 aliphatic rings. The zero-order valence-electron chi connectivity index (χ0n) is 15.7. The molecule has 9 heteroatoms. The van der Waals surface area contributed by atoms with Gasteiger partial charge < -0.3 is 4.57 Å². The van der Waals surface area contributed by atoms with Crippen molar-refractivity contribution in [3.8, 4) is 0 Å². The zero-order valence-corrected chi connectivity index (χ0v) is 16.5. The molecular formula is C20H17FN4O3S. The number of nitrogens with zero attached hydrogens (tertiary/aromatic N) is 3. The SMILES string of the molecule is CCn1c(=N)c(S(=O)(=O)c2ccc(F)cc2)cc2c(=O)n3cc(C)ccc3nc21. The molecule has 1 N–H and O–H groups in total. The van der Waals surface area contributed by atoms with Crippen LogP contribution in [0, 0.1) is 18.2 Å². The molecule has 0 aliphatic carbocycles. The molecule has 0 spiro atoms. The van der Waals surface area contributed by atoms with Gasteiger partial charge in [-0.05, 0) is 55.8 Å². The van der Waals surface area contributed by atoms with Crippen LogP contribution < -0.4 is 11.0 Å². The minimum atomic E-state index is -4.14. The summed E-state index contributed by atoms with van der Waals surface area (Å²) in [7, 11) is -4.14. The third-order valence-electron chi connectivity index (χ3n) is 4.75. The predicted octanol–water partition coefficient (Wildman–Crippen LogP) is 2.43. The summed E-state index contributed by atoms with van der Waals surface area (Å²) in [5, 5.41) is 8.54. The van der Waals surface area contributed by atoms with Crippen molar-refractivity contribution in [1.29, 1.82) is 5.41 Å². The normalized spacial score (nSPS) is 12.0. The third kappa shape index (κ3) is 2.94. The lowest BCUT2D eigenvalue weighted by Crippen LogP contribution is -2.29. The van der Waals surface area contributed by atoms with Gasteiger partial charge in [-0.25, -0.2) is 17.8 Å². The number of hydrogen-bond acceptors (Lipinski definition) is 5. The largest absolute Gasteiger partial charge is 0.310 e. The molecule has 0 unspecified atom stereocenters. The van der Waals surface area contributed by atoms with E-state index in [1.165, 1.54) is 15.0 Å². The van der Waals surface area contributed by atoms with E-state index in [1.54, 1.807) is 19.2 Å². The van der Waals surface area contributed by atoms with E-state index in [9.17, 15) is 17.6 Å². The molecule has 4 rings (SSSR count). The first kappa shape index (κ1) is 19.0. The monoisotopic (exact) mass is 412 g/mol. The van der Waals surface area contributed by atoms with Crippen LogP contribution in [-0.2, 0) is 16.4 Å². The lowest BCUT2D eigenvalue weighted by atomic mass is 10.2. The van der Waals surface area contributed by atoms with E-state index in [0.717, 1.165) is 29.8 Å². The average molecular weight is 412 g/mol. The van der Waals surface area contributed by atoms with Crippen LogP contribution in [0.15, 0.2) is 63.2 Å². The highest BCUT2D eigenvalue weighted by Crippen LogP contribution is 2.21. The highest BCUT2D eigenvalue weighted by molar-refractivity contribution is 7.91. The Morgan fingerprint density at radius 2 is 1.83 bits per heavy atom. The van der Waals surface area contributed by atoms with Crippen molar-refractivity contribution in [1.82, 2.24) is 14.0 Å². The third-order valence-corrected chi connectivity index (χ3v) is 6.53. The summed E-state index contributed by atoms with van der Waals surface area (Å²) in [4.78, 5) is 17.1. The molecule has 148 valence electrons. The Morgan fingerprint density at radius 1 is 1.14 bits per heavy atom. The molecule has 0 aliphatic heterocycles. The Morgan fingerprint density at radius 3 is 2.48 bits per heavy atom. The number of pyridine rings is 2. The molecule has 29 heavy (non-hydrogen) atoms. The van der Waals surface area contributed by atoms with Crippen LogP contribution in [0.2, 0.25) is 0 Å². The average Bonchev–Trinajstić information content (AvgIpc) is 2.69. The van der Waals surface area contributed by atoms with Gasteiger partial charge in [0.15, 0.2) is 0 Å². The summed E-state index contributed by atoms with van der Waals surface area (Å²) in [6, 6.07) is 9.06. The number of aryl methyl sites for hydroxylation is 2. The predicted molar refractivity (Wildman–Crippen MR) is 105 cm³/mol. The lowest BCUT2D eigenvalue weighted by Gasteiger charge is -2.14. The smallest absolute Gasteiger partial charge is 0.267 e. The van der Waals surface area contributed by atoms with Crippen molar-refractivity contribution in [2.45, 2.75) is 30.2 Å². The standard InChI is InChI=1S/C20H17FN4O3S/c1-3-24-18(22)16(29(27,28)14-7-5-13(21)6-8-14)10-15-19(24)23-17-9-4-12(2)11-25(17)20(15)26/h4-11,22H,3H2,1-2H3. The maximum atomic E-state index is 13.2. The van der Waals surface area contributed by atoms with Crippen LogP contribution in [0.5, 0.6) is 0 Å². The number of sulfone groups is 1. The molecule has 0 radical (unpaired) electrons. The maximum absolute atomic E-state index is 13.2. The Balaban J connectivity index is 2.13. The number of aromatic nitrogens is 3. The maximum Gasteiger partial charge on any atom is 0.267 e. The summed E-state index contributed by atoms with van der Waals surface area (Å²) in [5.74, 6) is -0.568. The minimum Gasteiger partial charge on any atom is -0.310 e. The summed E-state index contributed by atoms with van der Waals surface area (Å²) < 4.78 is 42.2. The first-order valence-electron chi connectivity index (χ1n) is 8.86. The lowest BCUT2D eigenvalue weighted by molar-refractivity contribution is 0.589. The topological polar surface area (TPSA) is 97.3 Å². The van der Waals surface area contributed by atoms with Crippen molar-refractivity contribution in [3.05, 3.63) is 75.9 Å². The zero-order chi connectivity index (χ0) is 20.9. The number of halogens is 1. The number of nitrogens with one attached hydrogen (secondary N) is 1. The molecule has 4 aromatic rings. The highest BCUT2D eigenvalue weighted by atomic mass is 32.2. The van der Waals surface area contributed by atoms with Crippen LogP contribution in [0.25, 0.3) is 16.7 Å². The Labute approximate surface area is 165 Å². The quantitative estimate of drug-likeness (QED) is 0.413. The van der Waals surface area contributed by atoms with Crippen molar-refractivity contribution >= 4 is 26.5 Å². The van der Waals surface area contributed by atoms with Gasteiger partial charge in [-0.1, -0.05) is 6.07 Å². The number of benzene rings is 1. The van der Waals surface area contributed by atoms with Gasteiger partial charge in [0, 0.05) is 12.7 Å². The first-order valence-corrected chi connectivity index (χ1v) is 10.3. The molecule has 0 atom stereocenters. The van der Waals surface area contributed by atoms with Gasteiger partial charge in [0.05, 0.1) is 10.3 Å². The molecule has 0 amide bonds. The van der Waals surface area contributed by atoms with Crippen molar-refractivity contribution in [2.75, 3.05) is 0 Å². The molecule has 0 saturated heterocycles. The van der Waals surface area contributed by atoms with Crippen LogP contribution >= 0.6 is 0 Å². The molecule has 0 bridgehead atoms. The van der Waals surface area contributed by atoms with Gasteiger partial charge in [0.1, 0.15) is 27.5 Å². The van der Waals surface area contributed by atoms with E-state index >= 15 is 0 Å². The number of fused-ring (bicyclic) bond motifs is 2. The molecule has 1 aromatic carbocycles. The minimum absolute atomic E-state index is 0.0895. The van der Waals surface area contributed by atoms with Gasteiger partial charge >= 0.3 is 0 Å². The van der Waals surface area contributed by atoms with E-state index in [4.69, 9.17) is 5.41 Å². The molecular weight excluding hydrogens is 395 g/mol. The van der Waals surface area contributed by atoms with Crippen molar-refractivity contribution < 1.29 is 12.8 Å². The van der Waals surface area contributed by atoms with E-state index in [-0.39, 0.29) is 32.9 Å². The van der Waals surface area contributed by atoms with Crippen LogP contribution in [0.3, 0.4) is 0 Å². The Kier molecular flexibility index (Phi) is 4.34. The summed E-state index contributed by atoms with van der Waals surface area (Å²) in [6.07, 6.45) is 1.63. The Hall–Kier alpha value is -3.33. The molecule has 3 heterocycles. The van der Waals surface area contributed by atoms with Crippen molar-refractivity contribution in [3.63, 3.8) is 0 Å². The summed E-state index contributed by atoms with van der Waals surface area (Å²) >= 11 is 0. The number of hydrogen-bond donors (Lipinski definition) is 1. The summed E-state index contributed by atoms with van der Waals surface area (Å²) in [6.45, 7) is 3.82. The second kappa shape index (κ2) is 6.63. The van der Waals surface area contributed by atoms with Gasteiger partial charge in [0.25, 0.3) is 5.56 Å². The first-order chi connectivity index (χ1) is 13.7. The molecule has 7 nitrogen and oxygen atoms in total. The molecule has 3 aromatic heterocycles. The van der Waals surface area contributed by atoms with E-state index < -0.39 is 21.2 Å². The second-order valence-electron chi connectivity index (χ2n) is 6.65. The molecule has 0 saturated carbocycles. The molecule has 0 fully saturated rings. The van der Waals surface area contributed by atoms with Gasteiger partial charge in [-0.2, -0.15) is 0 Å². The van der Waals surface area contributed by atoms with Crippen LogP contribution in [-0.4, -0.2) is 22.4 Å². The van der Waals surface area contributed by atoms with E-state index in [2.05, 4.69) is 4.98 Å². The van der Waals surface area contributed by atoms with Crippen LogP contribution in [0.1, 0.15) is 12.5 Å².